The maximum atomic E-state index is 11.6. The maximum absolute atomic E-state index is 11.6. The molecule has 0 spiro atoms. The number of likely N-dealkylation sites (N-methyl/N-ethyl adjacent to an activating group) is 1. The summed E-state index contributed by atoms with van der Waals surface area (Å²) in [6.45, 7) is 9.38. The monoisotopic (exact) mass is 372 g/mol. The molecule has 0 amide bonds. The molecule has 1 aliphatic heterocycles. The maximum Gasteiger partial charge on any atom is 0.252 e. The van der Waals surface area contributed by atoms with Gasteiger partial charge in [0.05, 0.1) is 5.69 Å². The molecule has 2 aromatic rings. The first-order valence-corrected chi connectivity index (χ1v) is 9.83. The lowest BCUT2D eigenvalue weighted by Gasteiger charge is -2.24. The van der Waals surface area contributed by atoms with Gasteiger partial charge in [-0.25, -0.2) is 4.98 Å². The number of aromatic nitrogens is 3. The van der Waals surface area contributed by atoms with E-state index in [1.54, 1.807) is 0 Å². The van der Waals surface area contributed by atoms with Crippen LogP contribution in [0, 0.1) is 5.92 Å². The summed E-state index contributed by atoms with van der Waals surface area (Å²) in [6, 6.07) is 6.38. The van der Waals surface area contributed by atoms with Gasteiger partial charge in [0.1, 0.15) is 0 Å². The van der Waals surface area contributed by atoms with Crippen molar-refractivity contribution in [2.75, 3.05) is 25.9 Å². The molecule has 1 fully saturated rings. The molecule has 0 radical (unpaired) electrons. The van der Waals surface area contributed by atoms with E-state index in [2.05, 4.69) is 63.6 Å². The second-order valence-electron chi connectivity index (χ2n) is 8.09. The van der Waals surface area contributed by atoms with Crippen LogP contribution >= 0.6 is 0 Å². The summed E-state index contributed by atoms with van der Waals surface area (Å²) in [5, 5.41) is 0. The van der Waals surface area contributed by atoms with Crippen LogP contribution in [0.3, 0.4) is 0 Å². The van der Waals surface area contributed by atoms with E-state index in [1.165, 1.54) is 18.2 Å². The molecule has 7 nitrogen and oxygen atoms in total. The van der Waals surface area contributed by atoms with Crippen LogP contribution in [0.15, 0.2) is 29.2 Å². The van der Waals surface area contributed by atoms with Crippen LogP contribution in [-0.2, 0) is 19.6 Å². The lowest BCUT2D eigenvalue weighted by Crippen LogP contribution is -2.34. The Morgan fingerprint density at radius 1 is 1.44 bits per heavy atom. The molecule has 0 aromatic carbocycles. The lowest BCUT2D eigenvalue weighted by molar-refractivity contribution is 0.219. The molecule has 148 valence electrons. The van der Waals surface area contributed by atoms with Crippen LogP contribution < -0.4 is 11.3 Å². The summed E-state index contributed by atoms with van der Waals surface area (Å²) in [4.78, 5) is 23.1. The number of hydrogen-bond acceptors (Lipinski definition) is 5. The number of aromatic amines is 1. The molecule has 0 saturated carbocycles. The highest BCUT2D eigenvalue weighted by Crippen LogP contribution is 2.19. The summed E-state index contributed by atoms with van der Waals surface area (Å²) in [6.07, 6.45) is 4.53. The van der Waals surface area contributed by atoms with Crippen molar-refractivity contribution in [1.82, 2.24) is 24.3 Å². The number of rotatable bonds is 8. The van der Waals surface area contributed by atoms with Gasteiger partial charge in [-0.3, -0.25) is 19.6 Å². The van der Waals surface area contributed by atoms with Crippen molar-refractivity contribution in [2.24, 2.45) is 5.92 Å². The van der Waals surface area contributed by atoms with Crippen LogP contribution in [0.4, 0.5) is 5.95 Å². The Balaban J connectivity index is 1.54. The molecule has 3 rings (SSSR count). The standard InChI is InChI=1S/C20H32N6O/c1-15(2)6-10-26-8-4-5-18(26)14-25-9-7-17(13-25)24(3)12-16-11-19(27)23-20(21)22-16/h4-5,8,11,15,17H,6-7,9-10,12-14H2,1-3H3,(H3,21,22,23,27)/t17-/m1/s1. The van der Waals surface area contributed by atoms with Gasteiger partial charge >= 0.3 is 0 Å². The third-order valence-electron chi connectivity index (χ3n) is 5.35. The Kier molecular flexibility index (Phi) is 6.34. The molecule has 0 bridgehead atoms. The molecule has 3 N–H and O–H groups in total. The first-order valence-electron chi connectivity index (χ1n) is 9.83. The van der Waals surface area contributed by atoms with E-state index in [-0.39, 0.29) is 11.5 Å². The Labute approximate surface area is 161 Å². The van der Waals surface area contributed by atoms with Gasteiger partial charge in [0.15, 0.2) is 0 Å². The zero-order valence-corrected chi connectivity index (χ0v) is 16.7. The summed E-state index contributed by atoms with van der Waals surface area (Å²) < 4.78 is 2.39. The summed E-state index contributed by atoms with van der Waals surface area (Å²) >= 11 is 0. The van der Waals surface area contributed by atoms with E-state index in [1.807, 2.05) is 0 Å². The third-order valence-corrected chi connectivity index (χ3v) is 5.35. The first-order chi connectivity index (χ1) is 12.9. The Morgan fingerprint density at radius 3 is 3.00 bits per heavy atom. The lowest BCUT2D eigenvalue weighted by atomic mass is 10.1. The Morgan fingerprint density at radius 2 is 2.26 bits per heavy atom. The van der Waals surface area contributed by atoms with Crippen molar-refractivity contribution in [3.05, 3.63) is 46.1 Å². The molecular weight excluding hydrogens is 340 g/mol. The summed E-state index contributed by atoms with van der Waals surface area (Å²) in [7, 11) is 2.10. The molecule has 1 saturated heterocycles. The molecule has 1 aliphatic rings. The number of nitrogen functional groups attached to an aromatic ring is 1. The van der Waals surface area contributed by atoms with Crippen molar-refractivity contribution in [3.63, 3.8) is 0 Å². The van der Waals surface area contributed by atoms with Gasteiger partial charge in [-0.15, -0.1) is 0 Å². The number of nitrogens with one attached hydrogen (secondary N) is 1. The minimum atomic E-state index is -0.193. The fraction of sp³-hybridized carbons (Fsp3) is 0.600. The van der Waals surface area contributed by atoms with E-state index in [4.69, 9.17) is 5.73 Å². The highest BCUT2D eigenvalue weighted by molar-refractivity contribution is 5.17. The highest BCUT2D eigenvalue weighted by Gasteiger charge is 2.26. The average Bonchev–Trinajstić information content (AvgIpc) is 3.22. The number of nitrogens with zero attached hydrogens (tertiary/aromatic N) is 4. The van der Waals surface area contributed by atoms with Crippen LogP contribution in [0.2, 0.25) is 0 Å². The quantitative estimate of drug-likeness (QED) is 0.739. The second-order valence-corrected chi connectivity index (χ2v) is 8.09. The van der Waals surface area contributed by atoms with Gasteiger partial charge in [0.25, 0.3) is 5.56 Å². The van der Waals surface area contributed by atoms with Crippen molar-refractivity contribution in [2.45, 2.75) is 52.4 Å². The van der Waals surface area contributed by atoms with Gasteiger partial charge in [-0.2, -0.15) is 0 Å². The zero-order valence-electron chi connectivity index (χ0n) is 16.7. The molecule has 7 heteroatoms. The topological polar surface area (TPSA) is 83.2 Å². The Hall–Kier alpha value is -2.12. The van der Waals surface area contributed by atoms with Gasteiger partial charge < -0.3 is 10.3 Å². The number of nitrogens with two attached hydrogens (primary N) is 1. The fourth-order valence-electron chi connectivity index (χ4n) is 3.75. The molecule has 27 heavy (non-hydrogen) atoms. The SMILES string of the molecule is CC(C)CCn1cccc1CN1CC[C@@H](N(C)Cc2cc(=O)[nH]c(N)n2)C1. The number of likely N-dealkylation sites (tertiary alicyclic amines) is 1. The second kappa shape index (κ2) is 8.71. The molecular formula is C20H32N6O. The number of hydrogen-bond donors (Lipinski definition) is 2. The summed E-state index contributed by atoms with van der Waals surface area (Å²) in [5.74, 6) is 0.902. The van der Waals surface area contributed by atoms with Crippen molar-refractivity contribution < 1.29 is 0 Å². The van der Waals surface area contributed by atoms with Gasteiger partial charge in [-0.1, -0.05) is 13.8 Å². The average molecular weight is 373 g/mol. The largest absolute Gasteiger partial charge is 0.369 e. The highest BCUT2D eigenvalue weighted by atomic mass is 16.1. The molecule has 1 atom stereocenters. The predicted octanol–water partition coefficient (Wildman–Crippen LogP) is 1.91. The molecule has 0 unspecified atom stereocenters. The fourth-order valence-corrected chi connectivity index (χ4v) is 3.75. The van der Waals surface area contributed by atoms with Crippen molar-refractivity contribution in [1.29, 1.82) is 0 Å². The van der Waals surface area contributed by atoms with E-state index in [9.17, 15) is 4.79 Å². The minimum Gasteiger partial charge on any atom is -0.369 e. The van der Waals surface area contributed by atoms with E-state index in [0.717, 1.165) is 44.2 Å². The van der Waals surface area contributed by atoms with Gasteiger partial charge in [0, 0.05) is 56.7 Å². The number of anilines is 1. The minimum absolute atomic E-state index is 0.182. The predicted molar refractivity (Wildman–Crippen MR) is 108 cm³/mol. The number of H-pyrrole nitrogens is 1. The van der Waals surface area contributed by atoms with Crippen LogP contribution in [-0.4, -0.2) is 50.5 Å². The normalized spacial score (nSPS) is 18.0. The van der Waals surface area contributed by atoms with Crippen LogP contribution in [0.25, 0.3) is 0 Å². The zero-order chi connectivity index (χ0) is 19.4. The van der Waals surface area contributed by atoms with Crippen LogP contribution in [0.1, 0.15) is 38.1 Å². The molecule has 0 aliphatic carbocycles. The molecule has 2 aromatic heterocycles. The van der Waals surface area contributed by atoms with Crippen molar-refractivity contribution in [3.8, 4) is 0 Å². The van der Waals surface area contributed by atoms with Gasteiger partial charge in [-0.05, 0) is 37.9 Å². The van der Waals surface area contributed by atoms with Gasteiger partial charge in [0.2, 0.25) is 5.95 Å². The first kappa shape index (κ1) is 19.6. The van der Waals surface area contributed by atoms with E-state index < -0.39 is 0 Å². The summed E-state index contributed by atoms with van der Waals surface area (Å²) in [5.41, 5.74) is 7.57. The van der Waals surface area contributed by atoms with E-state index >= 15 is 0 Å². The van der Waals surface area contributed by atoms with E-state index in [0.29, 0.717) is 12.6 Å². The smallest absolute Gasteiger partial charge is 0.252 e. The molecule has 3 heterocycles. The number of aryl methyl sites for hydroxylation is 1. The Bertz CT molecular complexity index is 796. The third kappa shape index (κ3) is 5.43. The van der Waals surface area contributed by atoms with Crippen molar-refractivity contribution >= 4 is 5.95 Å². The van der Waals surface area contributed by atoms with Crippen LogP contribution in [0.5, 0.6) is 0 Å².